The molecular weight excluding hydrogens is 454 g/mol. The van der Waals surface area contributed by atoms with Gasteiger partial charge in [-0.2, -0.15) is 4.31 Å². The molecule has 0 aliphatic rings. The average Bonchev–Trinajstić information content (AvgIpc) is 2.75. The van der Waals surface area contributed by atoms with Crippen LogP contribution in [0.25, 0.3) is 10.9 Å². The van der Waals surface area contributed by atoms with Crippen LogP contribution in [0.1, 0.15) is 36.1 Å². The van der Waals surface area contributed by atoms with E-state index in [1.807, 2.05) is 47.6 Å². The van der Waals surface area contributed by atoms with Gasteiger partial charge >= 0.3 is 0 Å². The number of fused-ring (bicyclic) bond motifs is 1. The highest BCUT2D eigenvalue weighted by molar-refractivity contribution is 7.99. The lowest BCUT2D eigenvalue weighted by Gasteiger charge is -2.19. The van der Waals surface area contributed by atoms with E-state index in [1.54, 1.807) is 18.2 Å². The van der Waals surface area contributed by atoms with Gasteiger partial charge in [-0.15, -0.1) is 0 Å². The van der Waals surface area contributed by atoms with Crippen LogP contribution < -0.4 is 5.32 Å². The highest BCUT2D eigenvalue weighted by Crippen LogP contribution is 2.28. The van der Waals surface area contributed by atoms with Crippen LogP contribution in [0.5, 0.6) is 0 Å². The first kappa shape index (κ1) is 25.2. The lowest BCUT2D eigenvalue weighted by molar-refractivity contribution is -0.113. The van der Waals surface area contributed by atoms with Gasteiger partial charge in [0, 0.05) is 24.2 Å². The van der Waals surface area contributed by atoms with Crippen LogP contribution in [-0.4, -0.2) is 42.5 Å². The number of aromatic nitrogens is 1. The predicted molar refractivity (Wildman–Crippen MR) is 137 cm³/mol. The van der Waals surface area contributed by atoms with Gasteiger partial charge in [-0.1, -0.05) is 43.3 Å². The third-order valence-corrected chi connectivity index (χ3v) is 8.56. The minimum absolute atomic E-state index is 0.0877. The van der Waals surface area contributed by atoms with Gasteiger partial charge in [0.05, 0.1) is 21.2 Å². The largest absolute Gasteiger partial charge is 0.325 e. The van der Waals surface area contributed by atoms with Gasteiger partial charge in [-0.3, -0.25) is 4.79 Å². The Morgan fingerprint density at radius 2 is 1.61 bits per heavy atom. The number of anilines is 1. The molecule has 3 aromatic rings. The summed E-state index contributed by atoms with van der Waals surface area (Å²) >= 11 is 1.36. The molecule has 0 spiro atoms. The standard InChI is InChI=1S/C25H31N3O3S2/c1-7-28(8-2)33(30,31)20-9-10-22-21(14-20)17(4)13-24(26-22)32-15-23(29)27-25-18(5)11-16(3)12-19(25)6/h9-14H,7-8,15H2,1-6H3,(H,27,29). The fourth-order valence-corrected chi connectivity index (χ4v) is 6.24. The summed E-state index contributed by atoms with van der Waals surface area (Å²) in [7, 11) is -3.53. The summed E-state index contributed by atoms with van der Waals surface area (Å²) in [6.45, 7) is 12.5. The summed E-state index contributed by atoms with van der Waals surface area (Å²) < 4.78 is 27.2. The molecule has 3 rings (SSSR count). The number of pyridine rings is 1. The van der Waals surface area contributed by atoms with Gasteiger partial charge in [0.15, 0.2) is 0 Å². The van der Waals surface area contributed by atoms with E-state index in [0.29, 0.717) is 18.6 Å². The number of nitrogens with one attached hydrogen (secondary N) is 1. The van der Waals surface area contributed by atoms with Crippen molar-refractivity contribution in [1.29, 1.82) is 0 Å². The first-order chi connectivity index (χ1) is 15.6. The van der Waals surface area contributed by atoms with Gasteiger partial charge < -0.3 is 5.32 Å². The zero-order valence-electron chi connectivity index (χ0n) is 20.0. The van der Waals surface area contributed by atoms with Gasteiger partial charge in [0.25, 0.3) is 0 Å². The van der Waals surface area contributed by atoms with Crippen LogP contribution in [0.15, 0.2) is 46.3 Å². The molecule has 33 heavy (non-hydrogen) atoms. The van der Waals surface area contributed by atoms with E-state index in [9.17, 15) is 13.2 Å². The third-order valence-electron chi connectivity index (χ3n) is 5.60. The number of rotatable bonds is 8. The van der Waals surface area contributed by atoms with Crippen LogP contribution in [0.3, 0.4) is 0 Å². The number of benzene rings is 2. The van der Waals surface area contributed by atoms with Crippen molar-refractivity contribution in [2.24, 2.45) is 0 Å². The number of carbonyl (C=O) groups is 1. The number of thioether (sulfide) groups is 1. The van der Waals surface area contributed by atoms with Gasteiger partial charge in [0.2, 0.25) is 15.9 Å². The number of hydrogen-bond donors (Lipinski definition) is 1. The quantitative estimate of drug-likeness (QED) is 0.442. The highest BCUT2D eigenvalue weighted by atomic mass is 32.2. The number of aryl methyl sites for hydroxylation is 4. The molecule has 0 aliphatic heterocycles. The van der Waals surface area contributed by atoms with Crippen LogP contribution in [0, 0.1) is 27.7 Å². The molecule has 176 valence electrons. The van der Waals surface area contributed by atoms with E-state index in [1.165, 1.54) is 21.6 Å². The Balaban J connectivity index is 1.78. The molecule has 0 saturated heterocycles. The highest BCUT2D eigenvalue weighted by Gasteiger charge is 2.22. The minimum Gasteiger partial charge on any atom is -0.325 e. The summed E-state index contributed by atoms with van der Waals surface area (Å²) in [5.41, 5.74) is 5.74. The molecule has 0 aliphatic carbocycles. The molecule has 1 amide bonds. The van der Waals surface area contributed by atoms with E-state index >= 15 is 0 Å². The molecule has 6 nitrogen and oxygen atoms in total. The molecule has 0 unspecified atom stereocenters. The molecule has 0 fully saturated rings. The summed E-state index contributed by atoms with van der Waals surface area (Å²) in [6, 6.07) is 11.0. The van der Waals surface area contributed by atoms with Crippen molar-refractivity contribution in [3.8, 4) is 0 Å². The second-order valence-corrected chi connectivity index (χ2v) is 11.1. The summed E-state index contributed by atoms with van der Waals surface area (Å²) in [5, 5.41) is 4.54. The van der Waals surface area contributed by atoms with Gasteiger partial charge in [-0.05, 0) is 68.7 Å². The maximum Gasteiger partial charge on any atom is 0.243 e. The molecule has 2 aromatic carbocycles. The Hall–Kier alpha value is -2.42. The van der Waals surface area contributed by atoms with E-state index in [0.717, 1.165) is 32.8 Å². The zero-order chi connectivity index (χ0) is 24.3. The lowest BCUT2D eigenvalue weighted by atomic mass is 10.1. The van der Waals surface area contributed by atoms with E-state index in [4.69, 9.17) is 0 Å². The third kappa shape index (κ3) is 5.57. The second kappa shape index (κ2) is 10.2. The van der Waals surface area contributed by atoms with E-state index in [-0.39, 0.29) is 16.6 Å². The Morgan fingerprint density at radius 1 is 0.970 bits per heavy atom. The first-order valence-corrected chi connectivity index (χ1v) is 13.4. The van der Waals surface area contributed by atoms with Gasteiger partial charge in [-0.25, -0.2) is 13.4 Å². The Bertz CT molecular complexity index is 1280. The normalized spacial score (nSPS) is 11.8. The van der Waals surface area contributed by atoms with E-state index < -0.39 is 10.0 Å². The Morgan fingerprint density at radius 3 is 2.21 bits per heavy atom. The van der Waals surface area contributed by atoms with Crippen molar-refractivity contribution >= 4 is 44.3 Å². The van der Waals surface area contributed by atoms with Crippen LogP contribution in [0.4, 0.5) is 5.69 Å². The summed E-state index contributed by atoms with van der Waals surface area (Å²) in [4.78, 5) is 17.5. The molecule has 0 atom stereocenters. The molecule has 0 bridgehead atoms. The molecule has 1 N–H and O–H groups in total. The number of amides is 1. The number of sulfonamides is 1. The van der Waals surface area contributed by atoms with Crippen molar-refractivity contribution < 1.29 is 13.2 Å². The Kier molecular flexibility index (Phi) is 7.82. The number of carbonyl (C=O) groups excluding carboxylic acids is 1. The van der Waals surface area contributed by atoms with Crippen molar-refractivity contribution in [2.45, 2.75) is 51.5 Å². The lowest BCUT2D eigenvalue weighted by Crippen LogP contribution is -2.30. The van der Waals surface area contributed by atoms with Crippen molar-refractivity contribution in [3.63, 3.8) is 0 Å². The van der Waals surface area contributed by atoms with Crippen molar-refractivity contribution in [3.05, 3.63) is 58.7 Å². The van der Waals surface area contributed by atoms with Crippen LogP contribution in [0.2, 0.25) is 0 Å². The second-order valence-electron chi connectivity index (χ2n) is 8.16. The molecular formula is C25H31N3O3S2. The number of nitrogens with zero attached hydrogens (tertiary/aromatic N) is 2. The monoisotopic (exact) mass is 485 g/mol. The SMILES string of the molecule is CCN(CC)S(=O)(=O)c1ccc2nc(SCC(=O)Nc3c(C)cc(C)cc3C)cc(C)c2c1. The smallest absolute Gasteiger partial charge is 0.243 e. The maximum atomic E-state index is 12.9. The van der Waals surface area contributed by atoms with Crippen LogP contribution >= 0.6 is 11.8 Å². The van der Waals surface area contributed by atoms with Crippen molar-refractivity contribution in [2.75, 3.05) is 24.2 Å². The van der Waals surface area contributed by atoms with Crippen LogP contribution in [-0.2, 0) is 14.8 Å². The van der Waals surface area contributed by atoms with Crippen molar-refractivity contribution in [1.82, 2.24) is 9.29 Å². The maximum absolute atomic E-state index is 12.9. The summed E-state index contributed by atoms with van der Waals surface area (Å²) in [5.74, 6) is 0.148. The zero-order valence-corrected chi connectivity index (χ0v) is 21.7. The predicted octanol–water partition coefficient (Wildman–Crippen LogP) is 5.23. The average molecular weight is 486 g/mol. The minimum atomic E-state index is -3.53. The fourth-order valence-electron chi connectivity index (χ4n) is 3.98. The van der Waals surface area contributed by atoms with E-state index in [2.05, 4.69) is 22.4 Å². The molecule has 8 heteroatoms. The summed E-state index contributed by atoms with van der Waals surface area (Å²) in [6.07, 6.45) is 0. The molecule has 0 saturated carbocycles. The molecule has 0 radical (unpaired) electrons. The molecule has 1 heterocycles. The fraction of sp³-hybridized carbons (Fsp3) is 0.360. The molecule has 1 aromatic heterocycles. The topological polar surface area (TPSA) is 79.4 Å². The Labute approximate surface area is 200 Å². The van der Waals surface area contributed by atoms with Gasteiger partial charge in [0.1, 0.15) is 0 Å². The number of hydrogen-bond acceptors (Lipinski definition) is 5. The first-order valence-electron chi connectivity index (χ1n) is 11.0.